The largest absolute Gasteiger partial charge is 0.444 e. The standard InChI is InChI=1S/C20H32N6OS.HI/c1-14-15(2)27-19(24-14)12-26-9-6-17(7-10-26)11-23-20(21-4)22-8-5-18-13-28-16(3)25-18;/h13,17H,5-12H2,1-4H3,(H2,21,22,23);1H. The smallest absolute Gasteiger partial charge is 0.208 e. The third-order valence-corrected chi connectivity index (χ3v) is 6.08. The van der Waals surface area contributed by atoms with Crippen molar-refractivity contribution in [2.75, 3.05) is 33.2 Å². The van der Waals surface area contributed by atoms with Crippen LogP contribution >= 0.6 is 35.3 Å². The van der Waals surface area contributed by atoms with Gasteiger partial charge in [0.15, 0.2) is 5.96 Å². The lowest BCUT2D eigenvalue weighted by atomic mass is 9.97. The summed E-state index contributed by atoms with van der Waals surface area (Å²) in [6, 6.07) is 0. The Morgan fingerprint density at radius 3 is 2.59 bits per heavy atom. The quantitative estimate of drug-likeness (QED) is 0.324. The van der Waals surface area contributed by atoms with Gasteiger partial charge in [-0.25, -0.2) is 9.97 Å². The number of aryl methyl sites for hydroxylation is 3. The van der Waals surface area contributed by atoms with Gasteiger partial charge in [0, 0.05) is 31.9 Å². The van der Waals surface area contributed by atoms with E-state index in [0.717, 1.165) is 73.2 Å². The van der Waals surface area contributed by atoms with Crippen molar-refractivity contribution in [3.8, 4) is 0 Å². The lowest BCUT2D eigenvalue weighted by Gasteiger charge is -2.31. The van der Waals surface area contributed by atoms with Gasteiger partial charge in [0.05, 0.1) is 22.9 Å². The van der Waals surface area contributed by atoms with Crippen LogP contribution in [0.4, 0.5) is 0 Å². The van der Waals surface area contributed by atoms with E-state index in [2.05, 4.69) is 35.9 Å². The third-order valence-electron chi connectivity index (χ3n) is 5.26. The van der Waals surface area contributed by atoms with E-state index in [1.807, 2.05) is 27.8 Å². The molecule has 0 radical (unpaired) electrons. The lowest BCUT2D eigenvalue weighted by Crippen LogP contribution is -2.43. The molecule has 0 bridgehead atoms. The second-order valence-electron chi connectivity index (χ2n) is 7.46. The van der Waals surface area contributed by atoms with Gasteiger partial charge >= 0.3 is 0 Å². The maximum absolute atomic E-state index is 5.72. The minimum Gasteiger partial charge on any atom is -0.444 e. The molecule has 1 saturated heterocycles. The predicted octanol–water partition coefficient (Wildman–Crippen LogP) is 3.29. The van der Waals surface area contributed by atoms with Gasteiger partial charge in [0.1, 0.15) is 5.76 Å². The Labute approximate surface area is 194 Å². The molecule has 2 N–H and O–H groups in total. The van der Waals surface area contributed by atoms with Crippen LogP contribution < -0.4 is 10.6 Å². The summed E-state index contributed by atoms with van der Waals surface area (Å²) >= 11 is 1.70. The van der Waals surface area contributed by atoms with Crippen LogP contribution in [0.5, 0.6) is 0 Å². The molecule has 0 spiro atoms. The third kappa shape index (κ3) is 7.53. The first-order valence-electron chi connectivity index (χ1n) is 10.0. The average Bonchev–Trinajstić information content (AvgIpc) is 3.24. The van der Waals surface area contributed by atoms with E-state index < -0.39 is 0 Å². The summed E-state index contributed by atoms with van der Waals surface area (Å²) in [4.78, 5) is 15.8. The summed E-state index contributed by atoms with van der Waals surface area (Å²) in [5.74, 6) is 3.31. The van der Waals surface area contributed by atoms with Crippen LogP contribution in [0.25, 0.3) is 0 Å². The average molecular weight is 532 g/mol. The van der Waals surface area contributed by atoms with Crippen LogP contribution in [-0.4, -0.2) is 54.1 Å². The Hall–Kier alpha value is -1.20. The molecule has 1 aliphatic heterocycles. The van der Waals surface area contributed by atoms with Crippen molar-refractivity contribution in [1.29, 1.82) is 0 Å². The second-order valence-corrected chi connectivity index (χ2v) is 8.52. The molecule has 2 aromatic rings. The van der Waals surface area contributed by atoms with Crippen LogP contribution in [0.3, 0.4) is 0 Å². The molecular formula is C20H33IN6OS. The van der Waals surface area contributed by atoms with Gasteiger partial charge in [0.25, 0.3) is 0 Å². The Bertz CT molecular complexity index is 762. The molecule has 3 heterocycles. The maximum atomic E-state index is 5.72. The molecule has 0 atom stereocenters. The van der Waals surface area contributed by atoms with Crippen molar-refractivity contribution in [2.24, 2.45) is 10.9 Å². The molecule has 0 unspecified atom stereocenters. The first-order valence-corrected chi connectivity index (χ1v) is 10.9. The number of piperidine rings is 1. The summed E-state index contributed by atoms with van der Waals surface area (Å²) in [6.07, 6.45) is 3.28. The number of likely N-dealkylation sites (tertiary alicyclic amines) is 1. The van der Waals surface area contributed by atoms with E-state index in [9.17, 15) is 0 Å². The fraction of sp³-hybridized carbons (Fsp3) is 0.650. The Morgan fingerprint density at radius 2 is 2.00 bits per heavy atom. The topological polar surface area (TPSA) is 78.6 Å². The number of nitrogens with one attached hydrogen (secondary N) is 2. The molecule has 0 aliphatic carbocycles. The van der Waals surface area contributed by atoms with Crippen molar-refractivity contribution < 1.29 is 4.42 Å². The van der Waals surface area contributed by atoms with Gasteiger partial charge in [-0.2, -0.15) is 0 Å². The normalized spacial score (nSPS) is 15.9. The van der Waals surface area contributed by atoms with Crippen molar-refractivity contribution in [2.45, 2.75) is 46.6 Å². The number of nitrogens with zero attached hydrogens (tertiary/aromatic N) is 4. The highest BCUT2D eigenvalue weighted by atomic mass is 127. The number of aliphatic imine (C=N–C) groups is 1. The summed E-state index contributed by atoms with van der Waals surface area (Å²) < 4.78 is 5.72. The molecule has 7 nitrogen and oxygen atoms in total. The van der Waals surface area contributed by atoms with E-state index in [-0.39, 0.29) is 24.0 Å². The molecule has 0 saturated carbocycles. The molecule has 162 valence electrons. The van der Waals surface area contributed by atoms with Gasteiger partial charge in [-0.05, 0) is 52.6 Å². The van der Waals surface area contributed by atoms with E-state index >= 15 is 0 Å². The Morgan fingerprint density at radius 1 is 1.24 bits per heavy atom. The number of hydrogen-bond acceptors (Lipinski definition) is 6. The van der Waals surface area contributed by atoms with Crippen molar-refractivity contribution in [1.82, 2.24) is 25.5 Å². The SMILES string of the molecule is CN=C(NCCc1csc(C)n1)NCC1CCN(Cc2nc(C)c(C)o2)CC1.I. The number of oxazole rings is 1. The van der Waals surface area contributed by atoms with Crippen LogP contribution in [-0.2, 0) is 13.0 Å². The summed E-state index contributed by atoms with van der Waals surface area (Å²) in [5, 5.41) is 10.1. The second kappa shape index (κ2) is 11.8. The number of aromatic nitrogens is 2. The van der Waals surface area contributed by atoms with Gasteiger partial charge in [-0.1, -0.05) is 0 Å². The van der Waals surface area contributed by atoms with Crippen LogP contribution in [0, 0.1) is 26.7 Å². The lowest BCUT2D eigenvalue weighted by molar-refractivity contribution is 0.164. The number of guanidine groups is 1. The molecule has 0 amide bonds. The minimum absolute atomic E-state index is 0. The zero-order valence-corrected chi connectivity index (χ0v) is 21.0. The van der Waals surface area contributed by atoms with E-state index in [1.165, 1.54) is 12.8 Å². The highest BCUT2D eigenvalue weighted by Gasteiger charge is 2.21. The maximum Gasteiger partial charge on any atom is 0.208 e. The number of halogens is 1. The monoisotopic (exact) mass is 532 g/mol. The summed E-state index contributed by atoms with van der Waals surface area (Å²) in [7, 11) is 1.82. The molecule has 2 aromatic heterocycles. The highest BCUT2D eigenvalue weighted by Crippen LogP contribution is 2.19. The van der Waals surface area contributed by atoms with Gasteiger partial charge < -0.3 is 15.1 Å². The van der Waals surface area contributed by atoms with Crippen LogP contribution in [0.2, 0.25) is 0 Å². The van der Waals surface area contributed by atoms with E-state index in [4.69, 9.17) is 4.42 Å². The van der Waals surface area contributed by atoms with Gasteiger partial charge in [0.2, 0.25) is 5.89 Å². The molecular weight excluding hydrogens is 499 g/mol. The van der Waals surface area contributed by atoms with E-state index in [1.54, 1.807) is 11.3 Å². The molecule has 0 aromatic carbocycles. The minimum atomic E-state index is 0. The fourth-order valence-electron chi connectivity index (χ4n) is 3.44. The first-order chi connectivity index (χ1) is 13.5. The van der Waals surface area contributed by atoms with E-state index in [0.29, 0.717) is 5.92 Å². The molecule has 9 heteroatoms. The van der Waals surface area contributed by atoms with Crippen molar-refractivity contribution in [3.05, 3.63) is 33.4 Å². The number of hydrogen-bond donors (Lipinski definition) is 2. The van der Waals surface area contributed by atoms with Crippen LogP contribution in [0.15, 0.2) is 14.8 Å². The molecule has 29 heavy (non-hydrogen) atoms. The Balaban J connectivity index is 0.00000300. The molecule has 1 fully saturated rings. The number of thiazole rings is 1. The summed E-state index contributed by atoms with van der Waals surface area (Å²) in [5.41, 5.74) is 2.15. The predicted molar refractivity (Wildman–Crippen MR) is 129 cm³/mol. The molecule has 1 aliphatic rings. The summed E-state index contributed by atoms with van der Waals surface area (Å²) in [6.45, 7) is 10.8. The van der Waals surface area contributed by atoms with Gasteiger partial charge in [-0.15, -0.1) is 35.3 Å². The van der Waals surface area contributed by atoms with Crippen molar-refractivity contribution >= 4 is 41.3 Å². The Kier molecular flexibility index (Phi) is 9.84. The highest BCUT2D eigenvalue weighted by molar-refractivity contribution is 14.0. The first kappa shape index (κ1) is 24.1. The number of rotatable bonds is 7. The van der Waals surface area contributed by atoms with Gasteiger partial charge in [-0.3, -0.25) is 9.89 Å². The fourth-order valence-corrected chi connectivity index (χ4v) is 4.09. The zero-order chi connectivity index (χ0) is 19.9. The van der Waals surface area contributed by atoms with Crippen LogP contribution in [0.1, 0.15) is 40.9 Å². The molecule has 3 rings (SSSR count). The zero-order valence-electron chi connectivity index (χ0n) is 17.8. The van der Waals surface area contributed by atoms with Crippen molar-refractivity contribution in [3.63, 3.8) is 0 Å².